The van der Waals surface area contributed by atoms with E-state index in [1.807, 2.05) is 12.1 Å². The number of aromatic nitrogens is 1. The molecule has 0 bridgehead atoms. The average Bonchev–Trinajstić information content (AvgIpc) is 2.22. The van der Waals surface area contributed by atoms with Crippen LogP contribution in [0.4, 0.5) is 0 Å². The highest BCUT2D eigenvalue weighted by Crippen LogP contribution is 2.25. The molecule has 0 amide bonds. The maximum Gasteiger partial charge on any atom is 0.213 e. The second-order valence-electron chi connectivity index (χ2n) is 4.13. The Bertz CT molecular complexity index is 310. The van der Waals surface area contributed by atoms with Gasteiger partial charge in [-0.1, -0.05) is 6.42 Å². The zero-order chi connectivity index (χ0) is 10.5. The molecule has 3 heteroatoms. The third-order valence-corrected chi connectivity index (χ3v) is 3.00. The van der Waals surface area contributed by atoms with Crippen molar-refractivity contribution in [2.45, 2.75) is 25.8 Å². The lowest BCUT2D eigenvalue weighted by atomic mass is 9.85. The molecule has 0 atom stereocenters. The third-order valence-electron chi connectivity index (χ3n) is 3.00. The predicted molar refractivity (Wildman–Crippen MR) is 59.8 cm³/mol. The molecule has 1 N–H and O–H groups in total. The van der Waals surface area contributed by atoms with Gasteiger partial charge in [-0.05, 0) is 36.9 Å². The smallest absolute Gasteiger partial charge is 0.213 e. The van der Waals surface area contributed by atoms with Crippen LogP contribution in [0, 0.1) is 5.92 Å². The first-order chi connectivity index (χ1) is 7.38. The molecule has 82 valence electrons. The van der Waals surface area contributed by atoms with Gasteiger partial charge in [-0.2, -0.15) is 0 Å². The van der Waals surface area contributed by atoms with Crippen molar-refractivity contribution in [3.8, 4) is 5.88 Å². The highest BCUT2D eigenvalue weighted by Gasteiger charge is 2.16. The molecule has 1 saturated carbocycles. The van der Waals surface area contributed by atoms with Crippen LogP contribution in [0.1, 0.15) is 24.8 Å². The van der Waals surface area contributed by atoms with Gasteiger partial charge in [0.1, 0.15) is 0 Å². The summed E-state index contributed by atoms with van der Waals surface area (Å²) in [7, 11) is 1.65. The first kappa shape index (κ1) is 10.4. The zero-order valence-electron chi connectivity index (χ0n) is 9.20. The monoisotopic (exact) mass is 206 g/mol. The molecule has 1 aliphatic rings. The number of hydrogen-bond acceptors (Lipinski definition) is 3. The van der Waals surface area contributed by atoms with Crippen molar-refractivity contribution >= 4 is 0 Å². The van der Waals surface area contributed by atoms with Crippen molar-refractivity contribution in [2.75, 3.05) is 13.7 Å². The number of methoxy groups -OCH3 is 1. The van der Waals surface area contributed by atoms with Gasteiger partial charge in [0.25, 0.3) is 0 Å². The summed E-state index contributed by atoms with van der Waals surface area (Å²) < 4.78 is 5.08. The van der Waals surface area contributed by atoms with Crippen LogP contribution in [-0.4, -0.2) is 18.6 Å². The summed E-state index contributed by atoms with van der Waals surface area (Å²) in [5.74, 6) is 1.60. The molecule has 0 radical (unpaired) electrons. The van der Waals surface area contributed by atoms with Gasteiger partial charge in [0.05, 0.1) is 7.11 Å². The summed E-state index contributed by atoms with van der Waals surface area (Å²) in [6.45, 7) is 2.06. The normalized spacial score (nSPS) is 16.1. The van der Waals surface area contributed by atoms with Crippen molar-refractivity contribution < 1.29 is 4.74 Å². The van der Waals surface area contributed by atoms with E-state index < -0.39 is 0 Å². The molecule has 15 heavy (non-hydrogen) atoms. The van der Waals surface area contributed by atoms with Gasteiger partial charge in [0.15, 0.2) is 0 Å². The molecular weight excluding hydrogens is 188 g/mol. The lowest BCUT2D eigenvalue weighted by Gasteiger charge is -2.25. The SMILES string of the molecule is COc1cc(CNCC2CCC2)ccn1. The van der Waals surface area contributed by atoms with E-state index in [0.717, 1.165) is 19.0 Å². The Hall–Kier alpha value is -1.09. The molecule has 3 nitrogen and oxygen atoms in total. The van der Waals surface area contributed by atoms with E-state index in [-0.39, 0.29) is 0 Å². The molecule has 0 unspecified atom stereocenters. The largest absolute Gasteiger partial charge is 0.481 e. The summed E-state index contributed by atoms with van der Waals surface area (Å²) in [6.07, 6.45) is 5.99. The van der Waals surface area contributed by atoms with Gasteiger partial charge in [-0.15, -0.1) is 0 Å². The van der Waals surface area contributed by atoms with E-state index in [1.54, 1.807) is 13.3 Å². The van der Waals surface area contributed by atoms with Crippen molar-refractivity contribution in [1.82, 2.24) is 10.3 Å². The molecule has 1 aromatic rings. The van der Waals surface area contributed by atoms with Crippen LogP contribution < -0.4 is 10.1 Å². The van der Waals surface area contributed by atoms with Gasteiger partial charge in [0.2, 0.25) is 5.88 Å². The fraction of sp³-hybridized carbons (Fsp3) is 0.583. The van der Waals surface area contributed by atoms with Crippen molar-refractivity contribution in [1.29, 1.82) is 0 Å². The van der Waals surface area contributed by atoms with Crippen molar-refractivity contribution in [3.05, 3.63) is 23.9 Å². The molecule has 1 heterocycles. The number of hydrogen-bond donors (Lipinski definition) is 1. The highest BCUT2D eigenvalue weighted by molar-refractivity contribution is 5.20. The Labute approximate surface area is 90.9 Å². The van der Waals surface area contributed by atoms with Gasteiger partial charge >= 0.3 is 0 Å². The van der Waals surface area contributed by atoms with E-state index in [2.05, 4.69) is 10.3 Å². The number of rotatable bonds is 5. The first-order valence-electron chi connectivity index (χ1n) is 5.58. The van der Waals surface area contributed by atoms with Crippen molar-refractivity contribution in [3.63, 3.8) is 0 Å². The van der Waals surface area contributed by atoms with Crippen LogP contribution in [0.15, 0.2) is 18.3 Å². The molecule has 0 saturated heterocycles. The first-order valence-corrected chi connectivity index (χ1v) is 5.58. The van der Waals surface area contributed by atoms with E-state index >= 15 is 0 Å². The van der Waals surface area contributed by atoms with Crippen molar-refractivity contribution in [2.24, 2.45) is 5.92 Å². The van der Waals surface area contributed by atoms with Crippen LogP contribution in [0.2, 0.25) is 0 Å². The molecular formula is C12H18N2O. The van der Waals surface area contributed by atoms with E-state index in [0.29, 0.717) is 5.88 Å². The summed E-state index contributed by atoms with van der Waals surface area (Å²) >= 11 is 0. The molecule has 2 rings (SSSR count). The Morgan fingerprint density at radius 3 is 3.07 bits per heavy atom. The maximum absolute atomic E-state index is 5.08. The Kier molecular flexibility index (Phi) is 3.56. The standard InChI is InChI=1S/C12H18N2O/c1-15-12-7-11(5-6-14-12)9-13-8-10-3-2-4-10/h5-7,10,13H,2-4,8-9H2,1H3. The Morgan fingerprint density at radius 1 is 1.53 bits per heavy atom. The van der Waals surface area contributed by atoms with Gasteiger partial charge in [0, 0.05) is 18.8 Å². The minimum atomic E-state index is 0.693. The van der Waals surface area contributed by atoms with E-state index in [9.17, 15) is 0 Å². The minimum Gasteiger partial charge on any atom is -0.481 e. The lowest BCUT2D eigenvalue weighted by Crippen LogP contribution is -2.26. The number of nitrogens with one attached hydrogen (secondary N) is 1. The number of pyridine rings is 1. The van der Waals surface area contributed by atoms with Gasteiger partial charge < -0.3 is 10.1 Å². The van der Waals surface area contributed by atoms with Crippen LogP contribution in [-0.2, 0) is 6.54 Å². The molecule has 0 spiro atoms. The van der Waals surface area contributed by atoms with Crippen LogP contribution in [0.5, 0.6) is 5.88 Å². The summed E-state index contributed by atoms with van der Waals surface area (Å²) in [5, 5.41) is 3.47. The van der Waals surface area contributed by atoms with Crippen LogP contribution in [0.3, 0.4) is 0 Å². The van der Waals surface area contributed by atoms with Gasteiger partial charge in [-0.3, -0.25) is 0 Å². The third kappa shape index (κ3) is 2.93. The molecule has 1 aliphatic carbocycles. The Balaban J connectivity index is 1.76. The van der Waals surface area contributed by atoms with Gasteiger partial charge in [-0.25, -0.2) is 4.98 Å². The second kappa shape index (κ2) is 5.12. The fourth-order valence-electron chi connectivity index (χ4n) is 1.79. The Morgan fingerprint density at radius 2 is 2.40 bits per heavy atom. The summed E-state index contributed by atoms with van der Waals surface area (Å²) in [5.41, 5.74) is 1.24. The maximum atomic E-state index is 5.08. The van der Waals surface area contributed by atoms with Crippen LogP contribution >= 0.6 is 0 Å². The average molecular weight is 206 g/mol. The van der Waals surface area contributed by atoms with Crippen LogP contribution in [0.25, 0.3) is 0 Å². The molecule has 0 aromatic carbocycles. The quantitative estimate of drug-likeness (QED) is 0.800. The summed E-state index contributed by atoms with van der Waals surface area (Å²) in [4.78, 5) is 4.08. The zero-order valence-corrected chi connectivity index (χ0v) is 9.20. The molecule has 0 aliphatic heterocycles. The number of ether oxygens (including phenoxy) is 1. The number of nitrogens with zero attached hydrogens (tertiary/aromatic N) is 1. The van der Waals surface area contributed by atoms with E-state index in [4.69, 9.17) is 4.74 Å². The summed E-state index contributed by atoms with van der Waals surface area (Å²) in [6, 6.07) is 4.00. The van der Waals surface area contributed by atoms with E-state index in [1.165, 1.54) is 24.8 Å². The minimum absolute atomic E-state index is 0.693. The second-order valence-corrected chi connectivity index (χ2v) is 4.13. The molecule has 1 fully saturated rings. The topological polar surface area (TPSA) is 34.1 Å². The fourth-order valence-corrected chi connectivity index (χ4v) is 1.79. The predicted octanol–water partition coefficient (Wildman–Crippen LogP) is 1.98. The highest BCUT2D eigenvalue weighted by atomic mass is 16.5. The molecule has 1 aromatic heterocycles. The lowest BCUT2D eigenvalue weighted by molar-refractivity contribution is 0.301.